The predicted octanol–water partition coefficient (Wildman–Crippen LogP) is 5.54. The molecule has 38 heavy (non-hydrogen) atoms. The second-order valence-corrected chi connectivity index (χ2v) is 8.56. The summed E-state index contributed by atoms with van der Waals surface area (Å²) in [5.41, 5.74) is -2.12. The van der Waals surface area contributed by atoms with Gasteiger partial charge in [0, 0.05) is 6.07 Å². The predicted molar refractivity (Wildman–Crippen MR) is 129 cm³/mol. The first-order valence-corrected chi connectivity index (χ1v) is 11.2. The quantitative estimate of drug-likeness (QED) is 0.172. The number of imide groups is 2. The van der Waals surface area contributed by atoms with E-state index in [-0.39, 0.29) is 27.2 Å². The van der Waals surface area contributed by atoms with Crippen LogP contribution in [0, 0.1) is 10.1 Å². The molecule has 10 nitrogen and oxygen atoms in total. The Kier molecular flexibility index (Phi) is 6.91. The molecule has 194 valence electrons. The van der Waals surface area contributed by atoms with Crippen LogP contribution in [-0.4, -0.2) is 27.9 Å². The van der Waals surface area contributed by atoms with Gasteiger partial charge >= 0.3 is 17.9 Å². The number of nitro benzene ring substituents is 1. The third-order valence-electron chi connectivity index (χ3n) is 5.18. The molecule has 1 saturated heterocycles. The van der Waals surface area contributed by atoms with Gasteiger partial charge in [0.1, 0.15) is 17.1 Å². The van der Waals surface area contributed by atoms with Gasteiger partial charge in [-0.2, -0.15) is 13.2 Å². The summed E-state index contributed by atoms with van der Waals surface area (Å²) < 4.78 is 44.5. The van der Waals surface area contributed by atoms with E-state index >= 15 is 0 Å². The lowest BCUT2D eigenvalue weighted by Gasteiger charge is -2.26. The highest BCUT2D eigenvalue weighted by Crippen LogP contribution is 2.39. The van der Waals surface area contributed by atoms with Crippen LogP contribution in [0.3, 0.4) is 0 Å². The maximum Gasteiger partial charge on any atom is 0.416 e. The summed E-state index contributed by atoms with van der Waals surface area (Å²) in [4.78, 5) is 48.6. The maximum atomic E-state index is 13.0. The highest BCUT2D eigenvalue weighted by Gasteiger charge is 2.37. The number of nitrogens with zero attached hydrogens (tertiary/aromatic N) is 2. The molecule has 0 radical (unpaired) electrons. The van der Waals surface area contributed by atoms with E-state index in [0.717, 1.165) is 6.07 Å². The van der Waals surface area contributed by atoms with Gasteiger partial charge < -0.3 is 9.84 Å². The highest BCUT2D eigenvalue weighted by molar-refractivity contribution is 9.10. The largest absolute Gasteiger partial charge is 0.508 e. The number of barbiturate groups is 1. The van der Waals surface area contributed by atoms with Crippen molar-refractivity contribution in [2.45, 2.75) is 6.18 Å². The number of aromatic hydroxyl groups is 1. The fourth-order valence-electron chi connectivity index (χ4n) is 3.39. The molecule has 0 bridgehead atoms. The zero-order chi connectivity index (χ0) is 27.8. The smallest absolute Gasteiger partial charge is 0.416 e. The Bertz CT molecular complexity index is 1520. The lowest BCUT2D eigenvalue weighted by atomic mass is 10.1. The standard InChI is InChI=1S/C24H13BrF3N3O7/c25-17-10-12(1-7-19(17)38-20-8-2-13(24(26,27)28)11-18(20)31(36)37)9-16-21(33)29-23(35)30(22(16)34)14-3-5-15(32)6-4-14/h1-11,32H,(H,29,33,35)/b16-9+. The van der Waals surface area contributed by atoms with E-state index in [4.69, 9.17) is 4.74 Å². The number of nitrogens with one attached hydrogen (secondary N) is 1. The number of phenols is 1. The van der Waals surface area contributed by atoms with Crippen molar-refractivity contribution in [1.29, 1.82) is 0 Å². The van der Waals surface area contributed by atoms with Gasteiger partial charge in [-0.15, -0.1) is 0 Å². The normalized spacial score (nSPS) is 15.0. The van der Waals surface area contributed by atoms with E-state index in [2.05, 4.69) is 15.9 Å². The maximum absolute atomic E-state index is 13.0. The van der Waals surface area contributed by atoms with Crippen molar-refractivity contribution < 1.29 is 42.3 Å². The molecule has 1 heterocycles. The molecule has 0 aliphatic carbocycles. The van der Waals surface area contributed by atoms with Crippen LogP contribution in [0.1, 0.15) is 11.1 Å². The van der Waals surface area contributed by atoms with Gasteiger partial charge in [-0.1, -0.05) is 6.07 Å². The molecule has 3 aromatic carbocycles. The molecule has 1 fully saturated rings. The van der Waals surface area contributed by atoms with Crippen LogP contribution in [0.15, 0.2) is 70.7 Å². The van der Waals surface area contributed by atoms with Crippen LogP contribution in [0.25, 0.3) is 6.08 Å². The number of amides is 4. The monoisotopic (exact) mass is 591 g/mol. The summed E-state index contributed by atoms with van der Waals surface area (Å²) in [7, 11) is 0. The summed E-state index contributed by atoms with van der Waals surface area (Å²) in [6.07, 6.45) is -3.60. The van der Waals surface area contributed by atoms with E-state index in [1.54, 1.807) is 0 Å². The third-order valence-corrected chi connectivity index (χ3v) is 5.80. The number of alkyl halides is 3. The second kappa shape index (κ2) is 9.97. The van der Waals surface area contributed by atoms with E-state index in [9.17, 15) is 42.8 Å². The van der Waals surface area contributed by atoms with Gasteiger partial charge in [-0.3, -0.25) is 25.0 Å². The molecule has 4 amide bonds. The fourth-order valence-corrected chi connectivity index (χ4v) is 3.87. The van der Waals surface area contributed by atoms with Crippen LogP contribution in [0.2, 0.25) is 0 Å². The summed E-state index contributed by atoms with van der Waals surface area (Å²) in [5, 5.41) is 22.8. The Labute approximate surface area is 219 Å². The molecule has 0 atom stereocenters. The van der Waals surface area contributed by atoms with Gasteiger partial charge in [-0.05, 0) is 76.1 Å². The summed E-state index contributed by atoms with van der Waals surface area (Å²) in [5.74, 6) is -2.43. The van der Waals surface area contributed by atoms with Crippen molar-refractivity contribution in [3.8, 4) is 17.2 Å². The molecule has 4 rings (SSSR count). The number of anilines is 1. The summed E-state index contributed by atoms with van der Waals surface area (Å²) in [6.45, 7) is 0. The van der Waals surface area contributed by atoms with Crippen LogP contribution >= 0.6 is 15.9 Å². The number of halogens is 4. The number of urea groups is 1. The molecule has 3 aromatic rings. The van der Waals surface area contributed by atoms with Crippen molar-refractivity contribution in [2.75, 3.05) is 4.90 Å². The Morgan fingerprint density at radius 2 is 1.66 bits per heavy atom. The van der Waals surface area contributed by atoms with E-state index < -0.39 is 51.5 Å². The molecule has 2 N–H and O–H groups in total. The number of hydrogen-bond acceptors (Lipinski definition) is 7. The molecule has 0 saturated carbocycles. The number of phenolic OH excluding ortho intramolecular Hbond substituents is 1. The third kappa shape index (κ3) is 5.34. The highest BCUT2D eigenvalue weighted by atomic mass is 79.9. The number of nitro groups is 1. The van der Waals surface area contributed by atoms with Gasteiger partial charge in [0.25, 0.3) is 11.8 Å². The number of rotatable bonds is 5. The topological polar surface area (TPSA) is 139 Å². The zero-order valence-electron chi connectivity index (χ0n) is 18.7. The van der Waals surface area contributed by atoms with Gasteiger partial charge in [0.15, 0.2) is 0 Å². The minimum Gasteiger partial charge on any atom is -0.508 e. The minimum atomic E-state index is -4.79. The van der Waals surface area contributed by atoms with E-state index in [0.29, 0.717) is 17.0 Å². The van der Waals surface area contributed by atoms with Crippen molar-refractivity contribution in [1.82, 2.24) is 5.32 Å². The number of hydrogen-bond donors (Lipinski definition) is 2. The number of benzene rings is 3. The Balaban J connectivity index is 1.63. The average Bonchev–Trinajstić information content (AvgIpc) is 2.84. The molecule has 0 unspecified atom stereocenters. The van der Waals surface area contributed by atoms with E-state index in [1.165, 1.54) is 48.5 Å². The molecular formula is C24H13BrF3N3O7. The van der Waals surface area contributed by atoms with Gasteiger partial charge in [-0.25, -0.2) is 9.69 Å². The molecule has 0 aromatic heterocycles. The van der Waals surface area contributed by atoms with Crippen molar-refractivity contribution in [3.63, 3.8) is 0 Å². The molecule has 1 aliphatic rings. The van der Waals surface area contributed by atoms with Gasteiger partial charge in [0.2, 0.25) is 5.75 Å². The van der Waals surface area contributed by atoms with Crippen molar-refractivity contribution in [3.05, 3.63) is 92.0 Å². The Hall–Kier alpha value is -4.72. The van der Waals surface area contributed by atoms with Crippen molar-refractivity contribution in [2.24, 2.45) is 0 Å². The first-order valence-electron chi connectivity index (χ1n) is 10.4. The first-order chi connectivity index (χ1) is 17.8. The number of carbonyl (C=O) groups excluding carboxylic acids is 3. The number of carbonyl (C=O) groups is 3. The second-order valence-electron chi connectivity index (χ2n) is 7.70. The minimum absolute atomic E-state index is 0.00433. The molecule has 1 aliphatic heterocycles. The lowest BCUT2D eigenvalue weighted by Crippen LogP contribution is -2.54. The molecular weight excluding hydrogens is 579 g/mol. The SMILES string of the molecule is O=C1NC(=O)N(c2ccc(O)cc2)C(=O)/C1=C/c1ccc(Oc2ccc(C(F)(F)F)cc2[N+](=O)[O-])c(Br)c1. The van der Waals surface area contributed by atoms with Crippen LogP contribution < -0.4 is 15.0 Å². The van der Waals surface area contributed by atoms with Crippen LogP contribution in [0.5, 0.6) is 17.2 Å². The number of ether oxygens (including phenoxy) is 1. The first kappa shape index (κ1) is 26.3. The molecule has 14 heteroatoms. The lowest BCUT2D eigenvalue weighted by molar-refractivity contribution is -0.385. The van der Waals surface area contributed by atoms with Crippen molar-refractivity contribution >= 4 is 51.2 Å². The Morgan fingerprint density at radius 1 is 1.00 bits per heavy atom. The summed E-state index contributed by atoms with van der Waals surface area (Å²) in [6, 6.07) is 10.1. The fraction of sp³-hybridized carbons (Fsp3) is 0.0417. The summed E-state index contributed by atoms with van der Waals surface area (Å²) >= 11 is 3.19. The molecule has 0 spiro atoms. The van der Waals surface area contributed by atoms with Gasteiger partial charge in [0.05, 0.1) is 20.6 Å². The zero-order valence-corrected chi connectivity index (χ0v) is 20.2. The van der Waals surface area contributed by atoms with Crippen LogP contribution in [0.4, 0.5) is 29.3 Å². The van der Waals surface area contributed by atoms with Crippen LogP contribution in [-0.2, 0) is 15.8 Å². The average molecular weight is 592 g/mol. The van der Waals surface area contributed by atoms with E-state index in [1.807, 2.05) is 5.32 Å². The Morgan fingerprint density at radius 3 is 2.26 bits per heavy atom.